The normalized spacial score (nSPS) is 19.4. The van der Waals surface area contributed by atoms with E-state index in [9.17, 15) is 0 Å². The summed E-state index contributed by atoms with van der Waals surface area (Å²) in [5.41, 5.74) is 8.23. The maximum Gasteiger partial charge on any atom is 0.128 e. The molecular weight excluding hydrogens is 210 g/mol. The summed E-state index contributed by atoms with van der Waals surface area (Å²) in [6.45, 7) is 8.95. The zero-order valence-electron chi connectivity index (χ0n) is 11.2. The first-order valence-electron chi connectivity index (χ1n) is 6.51. The van der Waals surface area contributed by atoms with Crippen molar-refractivity contribution in [3.8, 4) is 0 Å². The number of nitrogens with two attached hydrogens (primary N) is 1. The average molecular weight is 233 g/mol. The molecule has 1 aromatic heterocycles. The number of anilines is 2. The molecule has 0 saturated carbocycles. The van der Waals surface area contributed by atoms with E-state index < -0.39 is 0 Å². The molecule has 3 heteroatoms. The van der Waals surface area contributed by atoms with Gasteiger partial charge in [0.05, 0.1) is 11.9 Å². The van der Waals surface area contributed by atoms with Crippen LogP contribution in [0.3, 0.4) is 0 Å². The maximum atomic E-state index is 5.80. The van der Waals surface area contributed by atoms with Gasteiger partial charge in [0.15, 0.2) is 0 Å². The van der Waals surface area contributed by atoms with Crippen LogP contribution in [0, 0.1) is 12.3 Å². The molecule has 1 fully saturated rings. The molecule has 3 nitrogen and oxygen atoms in total. The Bertz CT molecular complexity index is 392. The third-order valence-electron chi connectivity index (χ3n) is 4.28. The van der Waals surface area contributed by atoms with Gasteiger partial charge >= 0.3 is 0 Å². The zero-order chi connectivity index (χ0) is 12.5. The van der Waals surface area contributed by atoms with Crippen LogP contribution in [0.5, 0.6) is 0 Å². The topological polar surface area (TPSA) is 42.1 Å². The van der Waals surface area contributed by atoms with E-state index in [0.717, 1.165) is 30.2 Å². The van der Waals surface area contributed by atoms with Gasteiger partial charge < -0.3 is 10.6 Å². The Morgan fingerprint density at radius 2 is 2.06 bits per heavy atom. The fourth-order valence-corrected chi connectivity index (χ4v) is 2.35. The Kier molecular flexibility index (Phi) is 3.27. The average Bonchev–Trinajstić information content (AvgIpc) is 2.34. The molecule has 2 rings (SSSR count). The first-order chi connectivity index (χ1) is 8.04. The van der Waals surface area contributed by atoms with Gasteiger partial charge in [-0.1, -0.05) is 20.3 Å². The number of aromatic nitrogens is 1. The smallest absolute Gasteiger partial charge is 0.128 e. The fourth-order valence-electron chi connectivity index (χ4n) is 2.35. The van der Waals surface area contributed by atoms with Gasteiger partial charge in [-0.05, 0) is 36.8 Å². The molecule has 0 aromatic carbocycles. The molecule has 0 bridgehead atoms. The number of aryl methyl sites for hydroxylation is 1. The molecule has 94 valence electrons. The Balaban J connectivity index is 2.08. The monoisotopic (exact) mass is 233 g/mol. The first kappa shape index (κ1) is 12.2. The van der Waals surface area contributed by atoms with E-state index in [1.165, 1.54) is 19.3 Å². The highest BCUT2D eigenvalue weighted by Gasteiger charge is 2.28. The molecule has 0 unspecified atom stereocenters. The largest absolute Gasteiger partial charge is 0.397 e. The van der Waals surface area contributed by atoms with E-state index >= 15 is 0 Å². The van der Waals surface area contributed by atoms with Gasteiger partial charge in [0.2, 0.25) is 0 Å². The fraction of sp³-hybridized carbons (Fsp3) is 0.643. The van der Waals surface area contributed by atoms with Gasteiger partial charge in [-0.2, -0.15) is 0 Å². The molecule has 2 N–H and O–H groups in total. The van der Waals surface area contributed by atoms with Crippen molar-refractivity contribution < 1.29 is 0 Å². The molecule has 1 aliphatic rings. The van der Waals surface area contributed by atoms with Gasteiger partial charge in [-0.15, -0.1) is 0 Å². The Labute approximate surface area is 104 Å². The summed E-state index contributed by atoms with van der Waals surface area (Å²) in [5.74, 6) is 1.08. The van der Waals surface area contributed by atoms with E-state index in [2.05, 4.69) is 29.8 Å². The number of hydrogen-bond donors (Lipinski definition) is 1. The van der Waals surface area contributed by atoms with Gasteiger partial charge in [-0.25, -0.2) is 4.98 Å². The third-order valence-corrected chi connectivity index (χ3v) is 4.28. The van der Waals surface area contributed by atoms with Crippen molar-refractivity contribution >= 4 is 11.5 Å². The van der Waals surface area contributed by atoms with Crippen LogP contribution in [0.15, 0.2) is 12.3 Å². The highest BCUT2D eigenvalue weighted by molar-refractivity contribution is 5.52. The summed E-state index contributed by atoms with van der Waals surface area (Å²) in [5, 5.41) is 0. The lowest BCUT2D eigenvalue weighted by atomic mass is 9.78. The second kappa shape index (κ2) is 4.55. The molecule has 2 heterocycles. The minimum absolute atomic E-state index is 0.527. The molecule has 0 atom stereocenters. The molecule has 0 amide bonds. The first-order valence-corrected chi connectivity index (χ1v) is 6.51. The van der Waals surface area contributed by atoms with Crippen LogP contribution in [-0.4, -0.2) is 18.1 Å². The van der Waals surface area contributed by atoms with Crippen LogP contribution in [-0.2, 0) is 0 Å². The molecule has 1 aliphatic heterocycles. The van der Waals surface area contributed by atoms with Crippen LogP contribution in [0.25, 0.3) is 0 Å². The lowest BCUT2D eigenvalue weighted by Gasteiger charge is -2.39. The predicted octanol–water partition coefficient (Wildman–Crippen LogP) is 2.99. The van der Waals surface area contributed by atoms with E-state index in [1.807, 2.05) is 6.92 Å². The lowest BCUT2D eigenvalue weighted by Crippen LogP contribution is -2.38. The number of nitrogen functional groups attached to an aromatic ring is 1. The molecule has 0 spiro atoms. The van der Waals surface area contributed by atoms with Crippen LogP contribution >= 0.6 is 0 Å². The minimum Gasteiger partial charge on any atom is -0.397 e. The summed E-state index contributed by atoms with van der Waals surface area (Å²) < 4.78 is 0. The third kappa shape index (κ3) is 2.54. The Morgan fingerprint density at radius 3 is 2.59 bits per heavy atom. The van der Waals surface area contributed by atoms with Crippen molar-refractivity contribution in [2.45, 2.75) is 40.0 Å². The molecule has 1 saturated heterocycles. The van der Waals surface area contributed by atoms with Crippen LogP contribution in [0.1, 0.15) is 38.7 Å². The molecular formula is C14H23N3. The second-order valence-corrected chi connectivity index (χ2v) is 5.55. The van der Waals surface area contributed by atoms with Crippen LogP contribution in [0.4, 0.5) is 11.5 Å². The van der Waals surface area contributed by atoms with Crippen LogP contribution < -0.4 is 10.6 Å². The Morgan fingerprint density at radius 1 is 1.41 bits per heavy atom. The quantitative estimate of drug-likeness (QED) is 0.854. The number of hydrogen-bond acceptors (Lipinski definition) is 3. The summed E-state index contributed by atoms with van der Waals surface area (Å²) >= 11 is 0. The summed E-state index contributed by atoms with van der Waals surface area (Å²) in [4.78, 5) is 6.82. The zero-order valence-corrected chi connectivity index (χ0v) is 11.2. The van der Waals surface area contributed by atoms with E-state index in [1.54, 1.807) is 6.20 Å². The predicted molar refractivity (Wildman–Crippen MR) is 73.2 cm³/mol. The molecule has 17 heavy (non-hydrogen) atoms. The molecule has 0 aliphatic carbocycles. The minimum atomic E-state index is 0.527. The van der Waals surface area contributed by atoms with Gasteiger partial charge in [0.25, 0.3) is 0 Å². The van der Waals surface area contributed by atoms with Gasteiger partial charge in [0.1, 0.15) is 5.82 Å². The molecule has 1 aromatic rings. The highest BCUT2D eigenvalue weighted by Crippen LogP contribution is 2.35. The van der Waals surface area contributed by atoms with Gasteiger partial charge in [-0.3, -0.25) is 0 Å². The number of piperidine rings is 1. The van der Waals surface area contributed by atoms with Crippen molar-refractivity contribution in [1.29, 1.82) is 0 Å². The standard InChI is InChI=1S/C14H23N3/c1-4-14(3)5-7-17(8-6-14)13-9-11(2)12(15)10-16-13/h9-10H,4-8,15H2,1-3H3. The van der Waals surface area contributed by atoms with Crippen LogP contribution in [0.2, 0.25) is 0 Å². The van der Waals surface area contributed by atoms with E-state index in [-0.39, 0.29) is 0 Å². The van der Waals surface area contributed by atoms with Crippen molar-refractivity contribution in [3.63, 3.8) is 0 Å². The number of rotatable bonds is 2. The maximum absolute atomic E-state index is 5.80. The molecule has 0 radical (unpaired) electrons. The summed E-state index contributed by atoms with van der Waals surface area (Å²) in [7, 11) is 0. The Hall–Kier alpha value is -1.25. The number of nitrogens with zero attached hydrogens (tertiary/aromatic N) is 2. The number of pyridine rings is 1. The highest BCUT2D eigenvalue weighted by atomic mass is 15.2. The lowest BCUT2D eigenvalue weighted by molar-refractivity contribution is 0.238. The van der Waals surface area contributed by atoms with Gasteiger partial charge in [0, 0.05) is 13.1 Å². The van der Waals surface area contributed by atoms with Crippen molar-refractivity contribution in [2.75, 3.05) is 23.7 Å². The summed E-state index contributed by atoms with van der Waals surface area (Å²) in [6.07, 6.45) is 5.57. The van der Waals surface area contributed by atoms with Crippen molar-refractivity contribution in [1.82, 2.24) is 4.98 Å². The van der Waals surface area contributed by atoms with E-state index in [0.29, 0.717) is 5.41 Å². The van der Waals surface area contributed by atoms with E-state index in [4.69, 9.17) is 5.73 Å². The SMILES string of the molecule is CCC1(C)CCN(c2cc(C)c(N)cn2)CC1. The second-order valence-electron chi connectivity index (χ2n) is 5.55. The van der Waals surface area contributed by atoms with Crippen molar-refractivity contribution in [2.24, 2.45) is 5.41 Å². The van der Waals surface area contributed by atoms with Crippen molar-refractivity contribution in [3.05, 3.63) is 17.8 Å². The summed E-state index contributed by atoms with van der Waals surface area (Å²) in [6, 6.07) is 2.10.